The molecule has 0 fully saturated rings. The molecule has 0 amide bonds. The third-order valence-corrected chi connectivity index (χ3v) is 6.32. The van der Waals surface area contributed by atoms with Crippen molar-refractivity contribution in [3.63, 3.8) is 0 Å². The number of anilines is 1. The molecule has 0 aliphatic carbocycles. The number of fused-ring (bicyclic) bond motifs is 1. The second-order valence-corrected chi connectivity index (χ2v) is 8.19. The number of aromatic hydroxyl groups is 1. The Bertz CT molecular complexity index is 1210. The smallest absolute Gasteiger partial charge is 0.196 e. The Morgan fingerprint density at radius 2 is 1.71 bits per heavy atom. The number of hydrogen-bond donors (Lipinski definition) is 1. The summed E-state index contributed by atoms with van der Waals surface area (Å²) in [6, 6.07) is 22.6. The number of rotatable bonds is 7. The van der Waals surface area contributed by atoms with Crippen molar-refractivity contribution in [2.75, 3.05) is 18.0 Å². The van der Waals surface area contributed by atoms with Gasteiger partial charge in [0.1, 0.15) is 10.8 Å². The van der Waals surface area contributed by atoms with Crippen LogP contribution < -0.4 is 4.90 Å². The van der Waals surface area contributed by atoms with Crippen LogP contribution in [-0.4, -0.2) is 29.0 Å². The molecule has 0 aliphatic heterocycles. The van der Waals surface area contributed by atoms with Gasteiger partial charge in [-0.1, -0.05) is 42.5 Å². The van der Waals surface area contributed by atoms with Crippen molar-refractivity contribution in [3.05, 3.63) is 88.9 Å². The highest BCUT2D eigenvalue weighted by Crippen LogP contribution is 2.33. The van der Waals surface area contributed by atoms with E-state index in [2.05, 4.69) is 18.7 Å². The highest BCUT2D eigenvalue weighted by molar-refractivity contribution is 7.20. The number of carbonyl (C=O) groups excluding carboxylic acids is 1. The second-order valence-electron chi connectivity index (χ2n) is 7.16. The molecule has 0 atom stereocenters. The van der Waals surface area contributed by atoms with Crippen LogP contribution >= 0.6 is 11.3 Å². The van der Waals surface area contributed by atoms with E-state index in [9.17, 15) is 9.90 Å². The van der Waals surface area contributed by atoms with Gasteiger partial charge in [-0.2, -0.15) is 0 Å². The summed E-state index contributed by atoms with van der Waals surface area (Å²) in [5, 5.41) is 11.4. The largest absolute Gasteiger partial charge is 0.507 e. The maximum absolute atomic E-state index is 13.4. The minimum absolute atomic E-state index is 0.119. The predicted molar refractivity (Wildman–Crippen MR) is 130 cm³/mol. The number of aromatic nitrogens is 1. The van der Waals surface area contributed by atoms with E-state index in [-0.39, 0.29) is 11.5 Å². The molecule has 0 saturated heterocycles. The average molecular weight is 429 g/mol. The number of Topliss-reactive ketones (excluding diaryl/α,β-unsaturated/α-hetero) is 1. The van der Waals surface area contributed by atoms with Crippen molar-refractivity contribution in [1.82, 2.24) is 4.98 Å². The third kappa shape index (κ3) is 4.37. The summed E-state index contributed by atoms with van der Waals surface area (Å²) in [5.74, 6) is 0.0238. The number of para-hydroxylation sites is 1. The van der Waals surface area contributed by atoms with Gasteiger partial charge in [0.2, 0.25) is 0 Å². The molecule has 5 heteroatoms. The molecule has 0 spiro atoms. The lowest BCUT2D eigenvalue weighted by Gasteiger charge is -2.21. The Kier molecular flexibility index (Phi) is 6.14. The molecule has 4 rings (SSSR count). The van der Waals surface area contributed by atoms with Crippen molar-refractivity contribution >= 4 is 44.7 Å². The SMILES string of the molecule is CCN(CC)c1ccc(/C=C(/C(=O)c2ccccc2)c2nc3ccccc3s2)c(O)c1. The summed E-state index contributed by atoms with van der Waals surface area (Å²) in [6.45, 7) is 5.87. The standard InChI is InChI=1S/C26H24N2O2S/c1-3-28(4-2)20-15-14-19(23(29)17-20)16-21(25(30)18-10-6-5-7-11-18)26-27-22-12-8-9-13-24(22)31-26/h5-17,29H,3-4H2,1-2H3/b21-16-. The molecule has 0 saturated carbocycles. The average Bonchev–Trinajstić information content (AvgIpc) is 3.23. The number of carbonyl (C=O) groups is 1. The van der Waals surface area contributed by atoms with Crippen molar-refractivity contribution < 1.29 is 9.90 Å². The zero-order valence-corrected chi connectivity index (χ0v) is 18.4. The van der Waals surface area contributed by atoms with E-state index in [1.807, 2.05) is 54.6 Å². The lowest BCUT2D eigenvalue weighted by molar-refractivity contribution is 0.105. The lowest BCUT2D eigenvalue weighted by Crippen LogP contribution is -2.21. The van der Waals surface area contributed by atoms with Gasteiger partial charge in [0.05, 0.1) is 15.8 Å². The zero-order valence-electron chi connectivity index (χ0n) is 17.6. The Morgan fingerprint density at radius 3 is 2.39 bits per heavy atom. The number of phenolic OH excluding ortho intramolecular Hbond substituents is 1. The van der Waals surface area contributed by atoms with E-state index >= 15 is 0 Å². The molecule has 0 radical (unpaired) electrons. The molecule has 0 bridgehead atoms. The molecule has 3 aromatic carbocycles. The fraction of sp³-hybridized carbons (Fsp3) is 0.154. The van der Waals surface area contributed by atoms with Gasteiger partial charge < -0.3 is 10.0 Å². The van der Waals surface area contributed by atoms with Gasteiger partial charge in [-0.15, -0.1) is 11.3 Å². The summed E-state index contributed by atoms with van der Waals surface area (Å²) in [4.78, 5) is 20.3. The summed E-state index contributed by atoms with van der Waals surface area (Å²) >= 11 is 1.48. The minimum Gasteiger partial charge on any atom is -0.507 e. The molecule has 4 nitrogen and oxygen atoms in total. The summed E-state index contributed by atoms with van der Waals surface area (Å²) in [7, 11) is 0. The molecule has 4 aromatic rings. The minimum atomic E-state index is -0.119. The first-order chi connectivity index (χ1) is 15.1. The molecular weight excluding hydrogens is 404 g/mol. The molecule has 31 heavy (non-hydrogen) atoms. The topological polar surface area (TPSA) is 53.4 Å². The van der Waals surface area contributed by atoms with E-state index in [1.54, 1.807) is 24.3 Å². The van der Waals surface area contributed by atoms with Crippen LogP contribution in [0.5, 0.6) is 5.75 Å². The van der Waals surface area contributed by atoms with Crippen LogP contribution in [0.3, 0.4) is 0 Å². The zero-order chi connectivity index (χ0) is 21.8. The molecule has 1 heterocycles. The first-order valence-corrected chi connectivity index (χ1v) is 11.2. The predicted octanol–water partition coefficient (Wildman–Crippen LogP) is 6.27. The number of allylic oxidation sites excluding steroid dienone is 1. The number of ketones is 1. The van der Waals surface area contributed by atoms with Crippen LogP contribution in [0.2, 0.25) is 0 Å². The highest BCUT2D eigenvalue weighted by Gasteiger charge is 2.19. The fourth-order valence-corrected chi connectivity index (χ4v) is 4.53. The van der Waals surface area contributed by atoms with Gasteiger partial charge in [0.25, 0.3) is 0 Å². The van der Waals surface area contributed by atoms with Crippen LogP contribution in [0, 0.1) is 0 Å². The molecular formula is C26H24N2O2S. The van der Waals surface area contributed by atoms with Crippen LogP contribution in [0.25, 0.3) is 21.9 Å². The van der Waals surface area contributed by atoms with Crippen LogP contribution in [-0.2, 0) is 0 Å². The van der Waals surface area contributed by atoms with Crippen LogP contribution in [0.4, 0.5) is 5.69 Å². The van der Waals surface area contributed by atoms with E-state index in [0.717, 1.165) is 29.0 Å². The van der Waals surface area contributed by atoms with Gasteiger partial charge in [-0.3, -0.25) is 4.79 Å². The monoisotopic (exact) mass is 428 g/mol. The summed E-state index contributed by atoms with van der Waals surface area (Å²) in [5.41, 5.74) is 3.46. The second kappa shape index (κ2) is 9.14. The number of hydrogen-bond acceptors (Lipinski definition) is 5. The maximum atomic E-state index is 13.4. The number of thiazole rings is 1. The summed E-state index contributed by atoms with van der Waals surface area (Å²) in [6.07, 6.45) is 1.74. The highest BCUT2D eigenvalue weighted by atomic mass is 32.1. The number of nitrogens with zero attached hydrogens (tertiary/aromatic N) is 2. The van der Waals surface area contributed by atoms with Crippen molar-refractivity contribution in [3.8, 4) is 5.75 Å². The Morgan fingerprint density at radius 1 is 1.00 bits per heavy atom. The molecule has 156 valence electrons. The quantitative estimate of drug-likeness (QED) is 0.278. The van der Waals surface area contributed by atoms with E-state index in [1.165, 1.54) is 11.3 Å². The molecule has 0 unspecified atom stereocenters. The Hall–Kier alpha value is -3.44. The fourth-order valence-electron chi connectivity index (χ4n) is 3.55. The van der Waals surface area contributed by atoms with Crippen LogP contribution in [0.1, 0.15) is 34.8 Å². The maximum Gasteiger partial charge on any atom is 0.196 e. The first kappa shape index (κ1) is 20.8. The van der Waals surface area contributed by atoms with Gasteiger partial charge in [-0.05, 0) is 44.2 Å². The summed E-state index contributed by atoms with van der Waals surface area (Å²) < 4.78 is 1.02. The van der Waals surface area contributed by atoms with Gasteiger partial charge in [-0.25, -0.2) is 4.98 Å². The molecule has 0 aliphatic rings. The Balaban J connectivity index is 1.82. The van der Waals surface area contributed by atoms with Crippen molar-refractivity contribution in [2.24, 2.45) is 0 Å². The van der Waals surface area contributed by atoms with Gasteiger partial charge in [0.15, 0.2) is 5.78 Å². The lowest BCUT2D eigenvalue weighted by atomic mass is 10.0. The Labute approximate surface area is 186 Å². The first-order valence-electron chi connectivity index (χ1n) is 10.4. The molecule has 1 aromatic heterocycles. The van der Waals surface area contributed by atoms with E-state index in [4.69, 9.17) is 4.98 Å². The van der Waals surface area contributed by atoms with E-state index < -0.39 is 0 Å². The van der Waals surface area contributed by atoms with Crippen LogP contribution in [0.15, 0.2) is 72.8 Å². The van der Waals surface area contributed by atoms with Gasteiger partial charge >= 0.3 is 0 Å². The third-order valence-electron chi connectivity index (χ3n) is 5.25. The van der Waals surface area contributed by atoms with Gasteiger partial charge in [0, 0.05) is 36.0 Å². The number of benzene rings is 3. The normalized spacial score (nSPS) is 11.6. The molecule has 1 N–H and O–H groups in total. The van der Waals surface area contributed by atoms with E-state index in [0.29, 0.717) is 21.7 Å². The van der Waals surface area contributed by atoms with Crippen molar-refractivity contribution in [2.45, 2.75) is 13.8 Å². The number of phenols is 1. The van der Waals surface area contributed by atoms with Crippen molar-refractivity contribution in [1.29, 1.82) is 0 Å².